The average molecular weight is 1810 g/mol. The summed E-state index contributed by atoms with van der Waals surface area (Å²) in [6.45, 7) is 27.3. The largest absolute Gasteiger partial charge is 0.462 e. The number of esters is 6. The van der Waals surface area contributed by atoms with E-state index in [9.17, 15) is 47.8 Å². The van der Waals surface area contributed by atoms with E-state index in [-0.39, 0.29) is 128 Å². The van der Waals surface area contributed by atoms with Crippen LogP contribution in [0.1, 0.15) is 203 Å². The second-order valence-corrected chi connectivity index (χ2v) is 32.1. The third-order valence-corrected chi connectivity index (χ3v) is 22.8. The van der Waals surface area contributed by atoms with Crippen LogP contribution >= 0.6 is 46.4 Å². The zero-order chi connectivity index (χ0) is 90.7. The van der Waals surface area contributed by atoms with E-state index in [0.717, 1.165) is 96.3 Å². The molecule has 0 spiro atoms. The van der Waals surface area contributed by atoms with Gasteiger partial charge < -0.3 is 106 Å². The van der Waals surface area contributed by atoms with Crippen LogP contribution in [-0.4, -0.2) is 241 Å². The highest BCUT2D eigenvalue weighted by molar-refractivity contribution is 6.19. The number of aliphatic hydroxyl groups excluding tert-OH is 2. The highest BCUT2D eigenvalue weighted by Crippen LogP contribution is 2.44. The van der Waals surface area contributed by atoms with Crippen LogP contribution in [0, 0.1) is 5.92 Å². The third-order valence-electron chi connectivity index (χ3n) is 21.0. The summed E-state index contributed by atoms with van der Waals surface area (Å²) in [5.74, 6) is -2.77. The number of halogens is 8. The lowest BCUT2D eigenvalue weighted by Gasteiger charge is -2.32. The predicted molar refractivity (Wildman–Crippen MR) is 457 cm³/mol. The van der Waals surface area contributed by atoms with Gasteiger partial charge in [-0.1, -0.05) is 165 Å². The average Bonchev–Trinajstić information content (AvgIpc) is 1.65. The molecule has 0 radical (unpaired) electrons. The van der Waals surface area contributed by atoms with E-state index in [2.05, 4.69) is 67.1 Å². The van der Waals surface area contributed by atoms with Gasteiger partial charge in [0, 0.05) is 56.9 Å². The van der Waals surface area contributed by atoms with E-state index in [4.69, 9.17) is 122 Å². The van der Waals surface area contributed by atoms with Crippen LogP contribution < -0.4 is 28.7 Å². The van der Waals surface area contributed by atoms with E-state index in [1.54, 1.807) is 13.8 Å². The van der Waals surface area contributed by atoms with Crippen LogP contribution in [0.25, 0.3) is 0 Å². The fourth-order valence-corrected chi connectivity index (χ4v) is 14.6. The maximum atomic E-state index is 15.9. The molecule has 0 bridgehead atoms. The Bertz CT molecular complexity index is 3740. The van der Waals surface area contributed by atoms with E-state index < -0.39 is 145 Å². The zero-order valence-electron chi connectivity index (χ0n) is 71.1. The van der Waals surface area contributed by atoms with Crippen molar-refractivity contribution in [2.24, 2.45) is 54.6 Å². The van der Waals surface area contributed by atoms with Crippen LogP contribution in [0.2, 0.25) is 0 Å². The Morgan fingerprint density at radius 1 is 0.410 bits per heavy atom. The first-order valence-electron chi connectivity index (χ1n) is 41.7. The molecule has 4 saturated heterocycles. The maximum absolute atomic E-state index is 15.9. The minimum atomic E-state index is -1.85. The van der Waals surface area contributed by atoms with Crippen molar-refractivity contribution >= 4 is 106 Å². The van der Waals surface area contributed by atoms with Crippen molar-refractivity contribution in [1.29, 1.82) is 0 Å². The SMILES string of the molecule is C=C1N=C(N)C=CN1[C@@H]1O[C@](CCl)(COC(=O)C(N)C(C)C)[C@@H](O)[C@H]1F.C=C1N=C(N)C=CN1[C@@H]1O[C@](CCl)(COC(=O)CCCC)[C@@H](OC(=O)CCCC)[C@H]1F.C=C1N=C(N)C=CN1[C@@H]1O[C@](CCl)(COC(=O)CCCCCCC)[C@@H](O)[C@H]1F.C=C1N=C(N)C=CN1[C@@H]1O[C@](CCl)(COC(=O)CCCCCCC)[C@@H](OC(=O)CCCCCCC)[C@H]1F. The zero-order valence-corrected chi connectivity index (χ0v) is 74.1. The predicted octanol–water partition coefficient (Wildman–Crippen LogP) is 11.4. The minimum Gasteiger partial charge on any atom is -0.462 e. The fraction of sp³-hybridized carbons (Fsp3) is 0.687. The molecule has 0 aliphatic carbocycles. The van der Waals surface area contributed by atoms with Crippen molar-refractivity contribution in [2.75, 3.05) is 49.9 Å². The number of hydrogen-bond acceptors (Lipinski definition) is 31. The quantitative estimate of drug-likeness (QED) is 0.00979. The number of carbonyl (C=O) groups is 6. The van der Waals surface area contributed by atoms with Gasteiger partial charge in [-0.15, -0.1) is 46.4 Å². The van der Waals surface area contributed by atoms with Crippen molar-refractivity contribution < 1.29 is 104 Å². The maximum Gasteiger partial charge on any atom is 0.323 e. The summed E-state index contributed by atoms with van der Waals surface area (Å²) in [5, 5.41) is 20.8. The van der Waals surface area contributed by atoms with Crippen molar-refractivity contribution in [3.05, 3.63) is 98.7 Å². The molecule has 0 aromatic carbocycles. The lowest BCUT2D eigenvalue weighted by atomic mass is 9.98. The number of alkyl halides is 8. The highest BCUT2D eigenvalue weighted by atomic mass is 35.5. The third kappa shape index (κ3) is 29.5. The molecular formula is C83H127Cl4F4N13O18. The Morgan fingerprint density at radius 3 is 0.934 bits per heavy atom. The van der Waals surface area contributed by atoms with Crippen molar-refractivity contribution in [3.63, 3.8) is 0 Å². The molecule has 1 unspecified atom stereocenters. The molecule has 0 saturated carbocycles. The molecule has 17 atom stereocenters. The molecule has 4 fully saturated rings. The standard InChI is InChI=1S/C27H43ClFN3O5.C21H31ClFN3O5.C19H29ClFN3O4.C16H24ClFN4O4/c1-4-6-8-10-12-14-22(33)35-19-27(18-28)25(36-23(34)15-13-11-9-7-5-2)24(29)26(37-27)32-17-16-21(30)31-20(32)3;1-4-6-8-16(27)29-13-21(12-22)19(30-17(28)9-7-5-2)18(23)20(31-21)26-11-10-15(24)25-14(26)3;1-3-4-5-6-7-8-15(25)27-12-19(11-20)17(26)16(21)18(28-19)24-10-9-14(22)23-13(24)2;1-8(2)12(20)15(24)25-7-16(6-17)13(23)11(18)14(26-16)22-5-4-10(19)21-9(22)3/h16-17,24-26H,3-15,18-19H2,1-2H3,(H2,30,31);10-11,18-20H,3-9,12-13H2,1-2H3,(H2,24,25);9-10,16-18,26H,2-8,11-12H2,1H3,(H2,22,23);4-5,8,11-14,23H,3,6-7,20H2,1-2H3,(H2,19,21)/t24-,25+,26-,27-;18-,19+,20-,21-;16-,17+,18-,19-;11-,12?,13+,14-,16-/m1111/s1. The van der Waals surface area contributed by atoms with Crippen LogP contribution in [0.3, 0.4) is 0 Å². The number of hydrogen-bond donors (Lipinski definition) is 7. The summed E-state index contributed by atoms with van der Waals surface area (Å²) < 4.78 is 117. The number of ether oxygens (including phenoxy) is 10. The minimum absolute atomic E-state index is 0.135. The first-order chi connectivity index (χ1) is 58.0. The summed E-state index contributed by atoms with van der Waals surface area (Å²) >= 11 is 24.4. The second kappa shape index (κ2) is 51.8. The molecular weight excluding hydrogens is 1680 g/mol. The molecule has 0 amide bonds. The number of amidine groups is 4. The van der Waals surface area contributed by atoms with Gasteiger partial charge in [0.15, 0.2) is 73.0 Å². The summed E-state index contributed by atoms with van der Waals surface area (Å²) in [5.41, 5.74) is 21.9. The first-order valence-corrected chi connectivity index (χ1v) is 43.8. The van der Waals surface area contributed by atoms with Crippen LogP contribution in [0.15, 0.2) is 119 Å². The lowest BCUT2D eigenvalue weighted by Crippen LogP contribution is -2.50. The topological polar surface area (TPSA) is 428 Å². The Kier molecular flexibility index (Phi) is 44.5. The van der Waals surface area contributed by atoms with Gasteiger partial charge in [-0.05, 0) is 62.3 Å². The lowest BCUT2D eigenvalue weighted by molar-refractivity contribution is -0.175. The van der Waals surface area contributed by atoms with Gasteiger partial charge in [-0.2, -0.15) is 0 Å². The highest BCUT2D eigenvalue weighted by Gasteiger charge is 2.63. The van der Waals surface area contributed by atoms with Crippen molar-refractivity contribution in [2.45, 2.75) is 305 Å². The molecule has 8 aliphatic rings. The molecule has 31 nitrogen and oxygen atoms in total. The van der Waals surface area contributed by atoms with Crippen molar-refractivity contribution in [1.82, 2.24) is 19.6 Å². The molecule has 39 heteroatoms. The van der Waals surface area contributed by atoms with Crippen molar-refractivity contribution in [3.8, 4) is 0 Å². The number of carbonyl (C=O) groups excluding carboxylic acids is 6. The number of nitrogens with two attached hydrogens (primary N) is 5. The van der Waals surface area contributed by atoms with E-state index >= 15 is 8.78 Å². The summed E-state index contributed by atoms with van der Waals surface area (Å²) in [6, 6.07) is -0.847. The second-order valence-electron chi connectivity index (χ2n) is 31.1. The Hall–Kier alpha value is -7.58. The van der Waals surface area contributed by atoms with Gasteiger partial charge in [0.25, 0.3) is 0 Å². The Morgan fingerprint density at radius 2 is 0.656 bits per heavy atom. The number of aliphatic hydroxyl groups is 2. The van der Waals surface area contributed by atoms with E-state index in [1.807, 2.05) is 13.8 Å². The van der Waals surface area contributed by atoms with Crippen LogP contribution in [0.5, 0.6) is 0 Å². The van der Waals surface area contributed by atoms with Crippen LogP contribution in [0.4, 0.5) is 17.6 Å². The van der Waals surface area contributed by atoms with Gasteiger partial charge in [0.2, 0.25) is 0 Å². The Labute approximate surface area is 733 Å². The molecule has 8 aliphatic heterocycles. The first kappa shape index (κ1) is 105. The number of unbranched alkanes of at least 4 members (excludes halogenated alkanes) is 14. The number of aliphatic imine (C=N–C) groups is 4. The normalized spacial score (nSPS) is 28.6. The molecule has 0 aromatic rings. The molecule has 8 heterocycles. The van der Waals surface area contributed by atoms with Gasteiger partial charge in [0.1, 0.15) is 103 Å². The molecule has 0 aromatic heterocycles. The summed E-state index contributed by atoms with van der Waals surface area (Å²) in [7, 11) is 0. The fourth-order valence-electron chi connectivity index (χ4n) is 13.4. The van der Waals surface area contributed by atoms with Gasteiger partial charge in [0.05, 0.1) is 23.5 Å². The van der Waals surface area contributed by atoms with Gasteiger partial charge in [-0.25, -0.2) is 37.5 Å². The molecule has 122 heavy (non-hydrogen) atoms. The number of nitrogens with zero attached hydrogens (tertiary/aromatic N) is 8. The molecule has 12 N–H and O–H groups in total. The van der Waals surface area contributed by atoms with Gasteiger partial charge >= 0.3 is 35.8 Å². The van der Waals surface area contributed by atoms with Gasteiger partial charge in [-0.3, -0.25) is 28.8 Å². The van der Waals surface area contributed by atoms with E-state index in [1.165, 1.54) is 68.7 Å². The van der Waals surface area contributed by atoms with E-state index in [0.29, 0.717) is 25.7 Å². The monoisotopic (exact) mass is 1810 g/mol. The Balaban J connectivity index is 0.000000292. The molecule has 8 rings (SSSR count). The van der Waals surface area contributed by atoms with Crippen LogP contribution in [-0.2, 0) is 76.1 Å². The molecule has 688 valence electrons. The smallest absolute Gasteiger partial charge is 0.323 e. The summed E-state index contributed by atoms with van der Waals surface area (Å²) in [4.78, 5) is 94.7. The number of rotatable bonds is 44. The summed E-state index contributed by atoms with van der Waals surface area (Å²) in [6.07, 6.45) is 12.2.